The topological polar surface area (TPSA) is 67.4 Å². The van der Waals surface area contributed by atoms with Gasteiger partial charge in [-0.25, -0.2) is 4.98 Å². The van der Waals surface area contributed by atoms with Gasteiger partial charge in [0.1, 0.15) is 11.5 Å². The maximum atomic E-state index is 12.3. The van der Waals surface area contributed by atoms with E-state index in [1.807, 2.05) is 0 Å². The van der Waals surface area contributed by atoms with E-state index in [2.05, 4.69) is 22.2 Å². The van der Waals surface area contributed by atoms with E-state index >= 15 is 0 Å². The van der Waals surface area contributed by atoms with Gasteiger partial charge in [0, 0.05) is 20.2 Å². The Morgan fingerprint density at radius 3 is 3.11 bits per heavy atom. The highest BCUT2D eigenvalue weighted by Gasteiger charge is 2.25. The number of nitrogens with zero attached hydrogens (tertiary/aromatic N) is 3. The first-order valence-electron chi connectivity index (χ1n) is 6.63. The Morgan fingerprint density at radius 1 is 1.58 bits per heavy atom. The summed E-state index contributed by atoms with van der Waals surface area (Å²) in [6, 6.07) is 0.140. The summed E-state index contributed by atoms with van der Waals surface area (Å²) in [5, 5.41) is 3.13. The summed E-state index contributed by atoms with van der Waals surface area (Å²) in [4.78, 5) is 22.4. The molecule has 19 heavy (non-hydrogen) atoms. The molecule has 0 bridgehead atoms. The van der Waals surface area contributed by atoms with Gasteiger partial charge in [0.25, 0.3) is 5.91 Å². The third-order valence-electron chi connectivity index (χ3n) is 3.18. The number of hydrogen-bond donors (Lipinski definition) is 1. The zero-order valence-corrected chi connectivity index (χ0v) is 11.4. The quantitative estimate of drug-likeness (QED) is 0.864. The number of ether oxygens (including phenoxy) is 1. The fourth-order valence-electron chi connectivity index (χ4n) is 1.98. The van der Waals surface area contributed by atoms with Crippen molar-refractivity contribution in [3.63, 3.8) is 0 Å². The van der Waals surface area contributed by atoms with Gasteiger partial charge in [-0.3, -0.25) is 9.78 Å². The lowest BCUT2D eigenvalue weighted by molar-refractivity contribution is 0.0705. The molecule has 2 heterocycles. The third kappa shape index (κ3) is 3.41. The van der Waals surface area contributed by atoms with E-state index in [0.717, 1.165) is 19.4 Å². The molecule has 1 N–H and O–H groups in total. The van der Waals surface area contributed by atoms with E-state index in [9.17, 15) is 4.79 Å². The predicted octanol–water partition coefficient (Wildman–Crippen LogP) is 1.16. The van der Waals surface area contributed by atoms with Crippen molar-refractivity contribution in [1.82, 2.24) is 14.9 Å². The van der Waals surface area contributed by atoms with Crippen LogP contribution in [0.25, 0.3) is 0 Å². The minimum atomic E-state index is -0.108. The monoisotopic (exact) mass is 264 g/mol. The molecule has 1 aliphatic heterocycles. The van der Waals surface area contributed by atoms with Gasteiger partial charge in [-0.15, -0.1) is 0 Å². The predicted molar refractivity (Wildman–Crippen MR) is 72.1 cm³/mol. The zero-order chi connectivity index (χ0) is 13.7. The van der Waals surface area contributed by atoms with Crippen molar-refractivity contribution >= 4 is 11.7 Å². The summed E-state index contributed by atoms with van der Waals surface area (Å²) >= 11 is 0. The fourth-order valence-corrected chi connectivity index (χ4v) is 1.98. The van der Waals surface area contributed by atoms with Crippen molar-refractivity contribution in [3.8, 4) is 0 Å². The van der Waals surface area contributed by atoms with Crippen LogP contribution in [-0.4, -0.2) is 53.6 Å². The molecule has 1 unspecified atom stereocenters. The lowest BCUT2D eigenvalue weighted by atomic mass is 10.2. The van der Waals surface area contributed by atoms with Gasteiger partial charge >= 0.3 is 0 Å². The Labute approximate surface area is 113 Å². The maximum Gasteiger partial charge on any atom is 0.274 e. The first-order chi connectivity index (χ1) is 9.22. The van der Waals surface area contributed by atoms with Crippen LogP contribution in [0.1, 0.15) is 30.3 Å². The van der Waals surface area contributed by atoms with Gasteiger partial charge in [-0.05, 0) is 12.8 Å². The number of hydrogen-bond acceptors (Lipinski definition) is 5. The number of aromatic nitrogens is 2. The molecule has 0 aliphatic carbocycles. The van der Waals surface area contributed by atoms with E-state index in [0.29, 0.717) is 24.7 Å². The SMILES string of the molecule is CCCNc1cncc(C(=O)N(C)C2CCOC2)n1. The lowest BCUT2D eigenvalue weighted by Gasteiger charge is -2.22. The molecule has 1 amide bonds. The zero-order valence-electron chi connectivity index (χ0n) is 11.4. The highest BCUT2D eigenvalue weighted by Crippen LogP contribution is 2.13. The average Bonchev–Trinajstić information content (AvgIpc) is 2.98. The molecular formula is C13H20N4O2. The van der Waals surface area contributed by atoms with Crippen LogP contribution in [0, 0.1) is 0 Å². The molecule has 1 saturated heterocycles. The summed E-state index contributed by atoms with van der Waals surface area (Å²) in [6.45, 7) is 4.21. The molecular weight excluding hydrogens is 244 g/mol. The molecule has 6 heteroatoms. The van der Waals surface area contributed by atoms with Gasteiger partial charge in [0.2, 0.25) is 0 Å². The Kier molecular flexibility index (Phi) is 4.68. The van der Waals surface area contributed by atoms with Gasteiger partial charge in [-0.2, -0.15) is 0 Å². The van der Waals surface area contributed by atoms with Crippen LogP contribution < -0.4 is 5.32 Å². The first-order valence-corrected chi connectivity index (χ1v) is 6.63. The van der Waals surface area contributed by atoms with Crippen molar-refractivity contribution < 1.29 is 9.53 Å². The summed E-state index contributed by atoms with van der Waals surface area (Å²) in [6.07, 6.45) is 5.01. The molecule has 1 aliphatic rings. The van der Waals surface area contributed by atoms with Gasteiger partial charge < -0.3 is 15.0 Å². The molecule has 2 rings (SSSR count). The Morgan fingerprint density at radius 2 is 2.42 bits per heavy atom. The van der Waals surface area contributed by atoms with Crippen LogP contribution in [0.3, 0.4) is 0 Å². The molecule has 0 saturated carbocycles. The molecule has 1 atom stereocenters. The number of carbonyl (C=O) groups is 1. The normalized spacial score (nSPS) is 18.3. The van der Waals surface area contributed by atoms with E-state index < -0.39 is 0 Å². The Hall–Kier alpha value is -1.69. The molecule has 0 radical (unpaired) electrons. The van der Waals surface area contributed by atoms with Crippen molar-refractivity contribution in [3.05, 3.63) is 18.1 Å². The molecule has 104 valence electrons. The average molecular weight is 264 g/mol. The van der Waals surface area contributed by atoms with E-state index in [4.69, 9.17) is 4.74 Å². The van der Waals surface area contributed by atoms with Crippen molar-refractivity contribution in [1.29, 1.82) is 0 Å². The second-order valence-corrected chi connectivity index (χ2v) is 4.65. The van der Waals surface area contributed by atoms with Crippen molar-refractivity contribution in [2.45, 2.75) is 25.8 Å². The lowest BCUT2D eigenvalue weighted by Crippen LogP contribution is -2.37. The number of nitrogens with one attached hydrogen (secondary N) is 1. The summed E-state index contributed by atoms with van der Waals surface area (Å²) in [5.41, 5.74) is 0.371. The molecule has 0 aromatic carbocycles. The minimum absolute atomic E-state index is 0.108. The number of anilines is 1. The minimum Gasteiger partial charge on any atom is -0.379 e. The van der Waals surface area contributed by atoms with E-state index in [1.165, 1.54) is 6.20 Å². The van der Waals surface area contributed by atoms with Gasteiger partial charge in [-0.1, -0.05) is 6.92 Å². The van der Waals surface area contributed by atoms with E-state index in [-0.39, 0.29) is 11.9 Å². The summed E-state index contributed by atoms with van der Waals surface area (Å²) in [7, 11) is 1.79. The van der Waals surface area contributed by atoms with E-state index in [1.54, 1.807) is 18.1 Å². The van der Waals surface area contributed by atoms with Crippen LogP contribution in [0.2, 0.25) is 0 Å². The molecule has 1 fully saturated rings. The Balaban J connectivity index is 2.05. The summed E-state index contributed by atoms with van der Waals surface area (Å²) < 4.78 is 5.30. The fraction of sp³-hybridized carbons (Fsp3) is 0.615. The van der Waals surface area contributed by atoms with Gasteiger partial charge in [0.05, 0.1) is 25.0 Å². The third-order valence-corrected chi connectivity index (χ3v) is 3.18. The largest absolute Gasteiger partial charge is 0.379 e. The first kappa shape index (κ1) is 13.7. The molecule has 6 nitrogen and oxygen atoms in total. The number of carbonyl (C=O) groups excluding carboxylic acids is 1. The van der Waals surface area contributed by atoms with Crippen molar-refractivity contribution in [2.75, 3.05) is 32.1 Å². The number of likely N-dealkylation sites (N-methyl/N-ethyl adjacent to an activating group) is 1. The van der Waals surface area contributed by atoms with Crippen LogP contribution in [0.15, 0.2) is 12.4 Å². The highest BCUT2D eigenvalue weighted by molar-refractivity contribution is 5.92. The second kappa shape index (κ2) is 6.47. The molecule has 1 aromatic rings. The van der Waals surface area contributed by atoms with Crippen LogP contribution in [-0.2, 0) is 4.74 Å². The smallest absolute Gasteiger partial charge is 0.274 e. The highest BCUT2D eigenvalue weighted by atomic mass is 16.5. The molecule has 0 spiro atoms. The standard InChI is InChI=1S/C13H20N4O2/c1-3-5-15-12-8-14-7-11(16-12)13(18)17(2)10-4-6-19-9-10/h7-8,10H,3-6,9H2,1-2H3,(H,15,16). The van der Waals surface area contributed by atoms with Crippen LogP contribution >= 0.6 is 0 Å². The van der Waals surface area contributed by atoms with Crippen LogP contribution in [0.5, 0.6) is 0 Å². The van der Waals surface area contributed by atoms with Crippen molar-refractivity contribution in [2.24, 2.45) is 0 Å². The van der Waals surface area contributed by atoms with Gasteiger partial charge in [0.15, 0.2) is 0 Å². The Bertz CT molecular complexity index is 432. The van der Waals surface area contributed by atoms with Crippen LogP contribution in [0.4, 0.5) is 5.82 Å². The molecule has 1 aromatic heterocycles. The second-order valence-electron chi connectivity index (χ2n) is 4.65. The number of rotatable bonds is 5. The number of amides is 1. The summed E-state index contributed by atoms with van der Waals surface area (Å²) in [5.74, 6) is 0.534. The maximum absolute atomic E-state index is 12.3.